The molecule has 8 rings (SSSR count). The maximum Gasteiger partial charge on any atom is 0.407 e. The zero-order chi connectivity index (χ0) is 46.5. The second kappa shape index (κ2) is 17.5. The molecule has 344 valence electrons. The van der Waals surface area contributed by atoms with E-state index in [4.69, 9.17) is 4.74 Å². The summed E-state index contributed by atoms with van der Waals surface area (Å²) in [7, 11) is -2.06. The molecular weight excluding hydrogens is 857 g/mol. The van der Waals surface area contributed by atoms with Crippen molar-refractivity contribution in [2.75, 3.05) is 37.3 Å². The van der Waals surface area contributed by atoms with Gasteiger partial charge >= 0.3 is 6.09 Å². The van der Waals surface area contributed by atoms with Crippen molar-refractivity contribution >= 4 is 62.1 Å². The van der Waals surface area contributed by atoms with Crippen LogP contribution in [0, 0.1) is 5.92 Å². The molecule has 6 amide bonds. The molecule has 1 saturated carbocycles. The van der Waals surface area contributed by atoms with E-state index in [2.05, 4.69) is 31.2 Å². The van der Waals surface area contributed by atoms with Gasteiger partial charge in [0.15, 0.2) is 9.84 Å². The highest BCUT2D eigenvalue weighted by Gasteiger charge is 2.40. The molecule has 0 radical (unpaired) electrons. The first kappa shape index (κ1) is 45.1. The highest BCUT2D eigenvalue weighted by molar-refractivity contribution is 7.89. The average Bonchev–Trinajstić information content (AvgIpc) is 3.90. The van der Waals surface area contributed by atoms with Crippen LogP contribution in [-0.4, -0.2) is 103 Å². The lowest BCUT2D eigenvalue weighted by molar-refractivity contribution is -0.136. The molecule has 0 bridgehead atoms. The molecule has 5 heterocycles. The van der Waals surface area contributed by atoms with Crippen LogP contribution in [0.4, 0.5) is 10.5 Å². The summed E-state index contributed by atoms with van der Waals surface area (Å²) in [5.41, 5.74) is 4.46. The second-order valence-corrected chi connectivity index (χ2v) is 20.6. The standard InChI is InChI=1S/C46H54N8O10S/c1-46(2,3)64-45(61)49-17-16-48-42(58)38-33-22-53(20-25-11-12-25)35-19-29(27(24-65(5,62)63)18-30(35)32-21-52(4)44(60)39(51-38)37(32)33)40(56)47-15-7-9-26-8-6-10-28-31(26)23-54(43(28)59)34-13-14-36(55)50-41(34)57/h6,8,10,18-19,21,25,34,51H,7,9,11-17,20,22-24H2,1-5H3,(H,47,56)(H,48,58)(H,49,61)(H,50,55,57). The third kappa shape index (κ3) is 9.65. The lowest BCUT2D eigenvalue weighted by atomic mass is 9.95. The van der Waals surface area contributed by atoms with Crippen molar-refractivity contribution in [3.05, 3.63) is 86.0 Å². The number of piperidine rings is 1. The van der Waals surface area contributed by atoms with Gasteiger partial charge in [0.05, 0.1) is 5.75 Å². The molecule has 1 aliphatic carbocycles. The van der Waals surface area contributed by atoms with Crippen molar-refractivity contribution in [2.24, 2.45) is 13.0 Å². The number of imide groups is 1. The lowest BCUT2D eigenvalue weighted by Gasteiger charge is -2.29. The summed E-state index contributed by atoms with van der Waals surface area (Å²) in [6.45, 7) is 6.67. The average molecular weight is 911 g/mol. The maximum absolute atomic E-state index is 14.2. The molecule has 2 fully saturated rings. The van der Waals surface area contributed by atoms with E-state index in [0.717, 1.165) is 30.2 Å². The van der Waals surface area contributed by atoms with Crippen LogP contribution in [0.25, 0.3) is 22.0 Å². The van der Waals surface area contributed by atoms with E-state index in [-0.39, 0.29) is 85.3 Å². The van der Waals surface area contributed by atoms with Gasteiger partial charge in [0.1, 0.15) is 22.9 Å². The van der Waals surface area contributed by atoms with Crippen molar-refractivity contribution in [2.45, 2.75) is 89.8 Å². The Morgan fingerprint density at radius 1 is 0.877 bits per heavy atom. The molecule has 3 aliphatic heterocycles. The number of anilines is 1. The van der Waals surface area contributed by atoms with E-state index in [0.29, 0.717) is 58.6 Å². The minimum Gasteiger partial charge on any atom is -0.444 e. The Hall–Kier alpha value is -6.50. The van der Waals surface area contributed by atoms with Crippen LogP contribution in [0.5, 0.6) is 0 Å². The zero-order valence-electron chi connectivity index (χ0n) is 37.1. The smallest absolute Gasteiger partial charge is 0.407 e. The fourth-order valence-corrected chi connectivity index (χ4v) is 9.83. The molecule has 1 unspecified atom stereocenters. The fourth-order valence-electron chi connectivity index (χ4n) is 9.02. The number of hydrogen-bond donors (Lipinski definition) is 5. The summed E-state index contributed by atoms with van der Waals surface area (Å²) in [6.07, 6.45) is 5.55. The van der Waals surface area contributed by atoms with E-state index >= 15 is 0 Å². The molecule has 18 nitrogen and oxygen atoms in total. The third-order valence-corrected chi connectivity index (χ3v) is 13.0. The first-order chi connectivity index (χ1) is 30.8. The van der Waals surface area contributed by atoms with Gasteiger partial charge in [-0.3, -0.25) is 34.1 Å². The van der Waals surface area contributed by atoms with Crippen LogP contribution in [0.2, 0.25) is 0 Å². The number of nitrogens with one attached hydrogen (secondary N) is 5. The summed E-state index contributed by atoms with van der Waals surface area (Å²) >= 11 is 0. The van der Waals surface area contributed by atoms with Crippen molar-refractivity contribution in [1.29, 1.82) is 0 Å². The number of carbonyl (C=O) groups excluding carboxylic acids is 6. The lowest BCUT2D eigenvalue weighted by Crippen LogP contribution is -2.52. The number of aromatic amines is 1. The molecule has 5 N–H and O–H groups in total. The first-order valence-corrected chi connectivity index (χ1v) is 23.9. The molecule has 1 saturated heterocycles. The van der Waals surface area contributed by atoms with Crippen molar-refractivity contribution in [3.8, 4) is 11.1 Å². The van der Waals surface area contributed by atoms with Gasteiger partial charge < -0.3 is 40.0 Å². The van der Waals surface area contributed by atoms with E-state index in [1.165, 1.54) is 9.47 Å². The second-order valence-electron chi connectivity index (χ2n) is 18.5. The van der Waals surface area contributed by atoms with Gasteiger partial charge in [-0.2, -0.15) is 0 Å². The van der Waals surface area contributed by atoms with Crippen LogP contribution in [0.15, 0.2) is 41.3 Å². The van der Waals surface area contributed by atoms with Gasteiger partial charge in [0, 0.05) is 104 Å². The number of benzene rings is 2. The minimum atomic E-state index is -3.66. The van der Waals surface area contributed by atoms with Crippen LogP contribution < -0.4 is 31.7 Å². The predicted molar refractivity (Wildman–Crippen MR) is 241 cm³/mol. The summed E-state index contributed by atoms with van der Waals surface area (Å²) in [4.78, 5) is 98.5. The summed E-state index contributed by atoms with van der Waals surface area (Å²) in [6, 6.07) is 8.13. The van der Waals surface area contributed by atoms with Gasteiger partial charge in [-0.25, -0.2) is 13.2 Å². The van der Waals surface area contributed by atoms with Crippen molar-refractivity contribution in [3.63, 3.8) is 0 Å². The fraction of sp³-hybridized carbons (Fsp3) is 0.457. The van der Waals surface area contributed by atoms with E-state index in [1.807, 2.05) is 6.07 Å². The molecule has 0 spiro atoms. The number of fused-ring (bicyclic) bond motifs is 3. The van der Waals surface area contributed by atoms with Crippen LogP contribution in [0.1, 0.15) is 106 Å². The normalized spacial score (nSPS) is 17.1. The Morgan fingerprint density at radius 2 is 1.62 bits per heavy atom. The monoisotopic (exact) mass is 910 g/mol. The van der Waals surface area contributed by atoms with Crippen LogP contribution >= 0.6 is 0 Å². The van der Waals surface area contributed by atoms with E-state index in [9.17, 15) is 42.0 Å². The molecule has 65 heavy (non-hydrogen) atoms. The Morgan fingerprint density at radius 3 is 2.32 bits per heavy atom. The summed E-state index contributed by atoms with van der Waals surface area (Å²) < 4.78 is 32.6. The molecule has 2 aromatic carbocycles. The Labute approximate surface area is 375 Å². The number of ether oxygens (including phenoxy) is 1. The third-order valence-electron chi connectivity index (χ3n) is 12.2. The van der Waals surface area contributed by atoms with Gasteiger partial charge in [0.25, 0.3) is 23.3 Å². The number of H-pyrrole nitrogens is 1. The minimum absolute atomic E-state index is 0.0769. The number of amides is 6. The van der Waals surface area contributed by atoms with Crippen LogP contribution in [-0.2, 0) is 56.5 Å². The highest BCUT2D eigenvalue weighted by Crippen LogP contribution is 2.45. The molecule has 1 atom stereocenters. The van der Waals surface area contributed by atoms with Crippen LogP contribution in [0.3, 0.4) is 0 Å². The van der Waals surface area contributed by atoms with Crippen molar-refractivity contribution in [1.82, 2.24) is 35.7 Å². The van der Waals surface area contributed by atoms with Gasteiger partial charge in [0.2, 0.25) is 11.8 Å². The first-order valence-electron chi connectivity index (χ1n) is 21.9. The van der Waals surface area contributed by atoms with Gasteiger partial charge in [-0.1, -0.05) is 12.1 Å². The number of nitrogens with zero attached hydrogens (tertiary/aromatic N) is 3. The molecule has 2 aromatic heterocycles. The molecule has 4 aliphatic rings. The summed E-state index contributed by atoms with van der Waals surface area (Å²) in [5.74, 6) is -2.14. The Bertz CT molecular complexity index is 2840. The predicted octanol–water partition coefficient (Wildman–Crippen LogP) is 3.19. The Kier molecular flexibility index (Phi) is 12.1. The molecule has 4 aromatic rings. The summed E-state index contributed by atoms with van der Waals surface area (Å²) in [5, 5.41) is 11.3. The number of sulfone groups is 1. The van der Waals surface area contributed by atoms with E-state index in [1.54, 1.807) is 58.3 Å². The SMILES string of the molecule is Cn1cc2c3c(c(C(=O)NCCNC(=O)OC(C)(C)C)[nH]c3c1=O)CN(CC1CC1)c1cc(C(=O)NCCCc3cccc4c3CN(C3CCC(=O)NC3=O)C4=O)c(CS(C)(=O)=O)cc1-2. The molecular formula is C46H54N8O10S. The quantitative estimate of drug-likeness (QED) is 0.0910. The number of hydrogen-bond acceptors (Lipinski definition) is 11. The number of aromatic nitrogens is 2. The number of pyridine rings is 1. The number of aryl methyl sites for hydroxylation is 2. The number of rotatable bonds is 14. The topological polar surface area (TPSA) is 238 Å². The largest absolute Gasteiger partial charge is 0.444 e. The zero-order valence-corrected chi connectivity index (χ0v) is 38.0. The molecule has 19 heteroatoms. The number of carbonyl (C=O) groups is 6. The van der Waals surface area contributed by atoms with Gasteiger partial charge in [-0.15, -0.1) is 0 Å². The van der Waals surface area contributed by atoms with Gasteiger partial charge in [-0.05, 0) is 93.7 Å². The Balaban J connectivity index is 1.05. The van der Waals surface area contributed by atoms with Crippen molar-refractivity contribution < 1.29 is 41.9 Å². The van der Waals surface area contributed by atoms with E-state index < -0.39 is 51.0 Å². The maximum atomic E-state index is 14.2. The number of alkyl carbamates (subject to hydrolysis) is 1. The highest BCUT2D eigenvalue weighted by atomic mass is 32.2.